The number of ether oxygens (including phenoxy) is 2. The molecule has 0 aromatic heterocycles. The fourth-order valence-electron chi connectivity index (χ4n) is 4.78. The van der Waals surface area contributed by atoms with E-state index in [4.69, 9.17) is 9.47 Å². The third-order valence-corrected chi connectivity index (χ3v) is 6.74. The summed E-state index contributed by atoms with van der Waals surface area (Å²) in [5.41, 5.74) is 1.86. The van der Waals surface area contributed by atoms with Gasteiger partial charge < -0.3 is 25.0 Å². The molecule has 1 saturated heterocycles. The van der Waals surface area contributed by atoms with Crippen LogP contribution in [0.15, 0.2) is 48.5 Å². The molecular formula is C29H40FN3O4. The Morgan fingerprint density at radius 1 is 1.08 bits per heavy atom. The summed E-state index contributed by atoms with van der Waals surface area (Å²) in [7, 11) is 1.64. The van der Waals surface area contributed by atoms with Crippen LogP contribution in [0.4, 0.5) is 4.39 Å². The predicted octanol–water partition coefficient (Wildman–Crippen LogP) is 3.71. The molecule has 0 bridgehead atoms. The van der Waals surface area contributed by atoms with Crippen LogP contribution in [-0.2, 0) is 27.3 Å². The third-order valence-electron chi connectivity index (χ3n) is 6.74. The number of amides is 2. The monoisotopic (exact) mass is 513 g/mol. The minimum Gasteiger partial charge on any atom is -0.494 e. The summed E-state index contributed by atoms with van der Waals surface area (Å²) in [4.78, 5) is 29.0. The van der Waals surface area contributed by atoms with Crippen molar-refractivity contribution in [2.24, 2.45) is 5.92 Å². The highest BCUT2D eigenvalue weighted by atomic mass is 19.1. The molecule has 0 spiro atoms. The number of rotatable bonds is 14. The minimum absolute atomic E-state index is 0.0366. The largest absolute Gasteiger partial charge is 0.494 e. The Balaban J connectivity index is 1.74. The Labute approximate surface area is 219 Å². The number of nitrogens with zero attached hydrogens (tertiary/aromatic N) is 1. The summed E-state index contributed by atoms with van der Waals surface area (Å²) < 4.78 is 24.0. The molecular weight excluding hydrogens is 473 g/mol. The summed E-state index contributed by atoms with van der Waals surface area (Å²) in [5.74, 6) is 0.354. The van der Waals surface area contributed by atoms with Gasteiger partial charge in [-0.2, -0.15) is 0 Å². The second-order valence-electron chi connectivity index (χ2n) is 9.39. The molecule has 0 radical (unpaired) electrons. The standard InChI is InChI=1S/C29H40FN3O4/c1-3-37-26-12-7-22(8-13-26)9-14-27(34)33(19-4-20-36-2)28(24-15-17-31-18-16-24)29(35)32-21-23-5-10-25(30)11-6-23/h5-8,10-13,24,28,31H,3-4,9,14-21H2,1-2H3,(H,32,35). The van der Waals surface area contributed by atoms with Crippen molar-refractivity contribution in [1.82, 2.24) is 15.5 Å². The van der Waals surface area contributed by atoms with Crippen molar-refractivity contribution in [3.05, 3.63) is 65.5 Å². The van der Waals surface area contributed by atoms with Crippen molar-refractivity contribution in [2.75, 3.05) is 40.0 Å². The van der Waals surface area contributed by atoms with Crippen molar-refractivity contribution in [3.63, 3.8) is 0 Å². The van der Waals surface area contributed by atoms with Gasteiger partial charge in [0.15, 0.2) is 0 Å². The van der Waals surface area contributed by atoms with Gasteiger partial charge in [-0.1, -0.05) is 24.3 Å². The number of aryl methyl sites for hydroxylation is 1. The van der Waals surface area contributed by atoms with Gasteiger partial charge in [0.2, 0.25) is 11.8 Å². The summed E-state index contributed by atoms with van der Waals surface area (Å²) in [6, 6.07) is 13.3. The Bertz CT molecular complexity index is 962. The minimum atomic E-state index is -0.563. The van der Waals surface area contributed by atoms with Gasteiger partial charge in [-0.05, 0) is 87.0 Å². The number of hydrogen-bond acceptors (Lipinski definition) is 5. The van der Waals surface area contributed by atoms with Gasteiger partial charge in [0.25, 0.3) is 0 Å². The van der Waals surface area contributed by atoms with Crippen molar-refractivity contribution < 1.29 is 23.5 Å². The normalized spacial score (nSPS) is 14.7. The Morgan fingerprint density at radius 3 is 2.41 bits per heavy atom. The quantitative estimate of drug-likeness (QED) is 0.377. The molecule has 7 nitrogen and oxygen atoms in total. The van der Waals surface area contributed by atoms with Crippen LogP contribution in [0.5, 0.6) is 5.75 Å². The maximum atomic E-state index is 13.6. The second kappa shape index (κ2) is 15.3. The molecule has 2 aromatic rings. The highest BCUT2D eigenvalue weighted by Crippen LogP contribution is 2.24. The van der Waals surface area contributed by atoms with Gasteiger partial charge >= 0.3 is 0 Å². The Kier molecular flexibility index (Phi) is 11.8. The molecule has 37 heavy (non-hydrogen) atoms. The lowest BCUT2D eigenvalue weighted by Crippen LogP contribution is -2.55. The smallest absolute Gasteiger partial charge is 0.243 e. The topological polar surface area (TPSA) is 79.9 Å². The van der Waals surface area contributed by atoms with E-state index in [1.165, 1.54) is 12.1 Å². The number of carbonyl (C=O) groups is 2. The molecule has 2 aromatic carbocycles. The number of benzene rings is 2. The van der Waals surface area contributed by atoms with E-state index in [0.717, 1.165) is 42.8 Å². The van der Waals surface area contributed by atoms with E-state index in [-0.39, 0.29) is 30.1 Å². The number of hydrogen-bond donors (Lipinski definition) is 2. The average Bonchev–Trinajstić information content (AvgIpc) is 2.92. The van der Waals surface area contributed by atoms with E-state index < -0.39 is 6.04 Å². The molecule has 3 rings (SSSR count). The average molecular weight is 514 g/mol. The van der Waals surface area contributed by atoms with E-state index >= 15 is 0 Å². The lowest BCUT2D eigenvalue weighted by Gasteiger charge is -2.38. The van der Waals surface area contributed by atoms with Gasteiger partial charge in [-0.25, -0.2) is 4.39 Å². The molecule has 0 aliphatic carbocycles. The zero-order valence-corrected chi connectivity index (χ0v) is 22.0. The van der Waals surface area contributed by atoms with Crippen LogP contribution in [0.25, 0.3) is 0 Å². The molecule has 202 valence electrons. The fraction of sp³-hybridized carbons (Fsp3) is 0.517. The van der Waals surface area contributed by atoms with Crippen LogP contribution in [0.2, 0.25) is 0 Å². The van der Waals surface area contributed by atoms with Crippen LogP contribution < -0.4 is 15.4 Å². The zero-order valence-electron chi connectivity index (χ0n) is 22.0. The van der Waals surface area contributed by atoms with E-state index in [9.17, 15) is 14.0 Å². The summed E-state index contributed by atoms with van der Waals surface area (Å²) in [6.45, 7) is 5.44. The first-order chi connectivity index (χ1) is 18.0. The molecule has 8 heteroatoms. The number of piperidine rings is 1. The molecule has 2 N–H and O–H groups in total. The van der Waals surface area contributed by atoms with Gasteiger partial charge in [-0.15, -0.1) is 0 Å². The van der Waals surface area contributed by atoms with Crippen LogP contribution in [0.1, 0.15) is 43.7 Å². The van der Waals surface area contributed by atoms with E-state index in [0.29, 0.717) is 39.0 Å². The number of nitrogens with one attached hydrogen (secondary N) is 2. The first kappa shape index (κ1) is 28.6. The van der Waals surface area contributed by atoms with Gasteiger partial charge in [0, 0.05) is 33.2 Å². The second-order valence-corrected chi connectivity index (χ2v) is 9.39. The van der Waals surface area contributed by atoms with Gasteiger partial charge in [-0.3, -0.25) is 9.59 Å². The maximum absolute atomic E-state index is 13.6. The lowest BCUT2D eigenvalue weighted by molar-refractivity contribution is -0.143. The first-order valence-electron chi connectivity index (χ1n) is 13.2. The van der Waals surface area contributed by atoms with Crippen LogP contribution >= 0.6 is 0 Å². The summed E-state index contributed by atoms with van der Waals surface area (Å²) in [6.07, 6.45) is 3.19. The van der Waals surface area contributed by atoms with Crippen molar-refractivity contribution in [3.8, 4) is 5.75 Å². The molecule has 1 atom stereocenters. The molecule has 0 saturated carbocycles. The van der Waals surface area contributed by atoms with Crippen LogP contribution in [0.3, 0.4) is 0 Å². The van der Waals surface area contributed by atoms with Gasteiger partial charge in [0.1, 0.15) is 17.6 Å². The molecule has 1 aliphatic rings. The molecule has 1 unspecified atom stereocenters. The molecule has 2 amide bonds. The molecule has 1 fully saturated rings. The fourth-order valence-corrected chi connectivity index (χ4v) is 4.78. The van der Waals surface area contributed by atoms with Crippen molar-refractivity contribution in [2.45, 2.75) is 51.6 Å². The maximum Gasteiger partial charge on any atom is 0.243 e. The Morgan fingerprint density at radius 2 is 1.76 bits per heavy atom. The first-order valence-corrected chi connectivity index (χ1v) is 13.2. The third kappa shape index (κ3) is 9.13. The van der Waals surface area contributed by atoms with E-state index in [2.05, 4.69) is 10.6 Å². The number of methoxy groups -OCH3 is 1. The zero-order chi connectivity index (χ0) is 26.5. The predicted molar refractivity (Wildman–Crippen MR) is 142 cm³/mol. The van der Waals surface area contributed by atoms with Crippen LogP contribution in [-0.4, -0.2) is 62.7 Å². The van der Waals surface area contributed by atoms with E-state index in [1.807, 2.05) is 31.2 Å². The molecule has 1 heterocycles. The van der Waals surface area contributed by atoms with Gasteiger partial charge in [0.05, 0.1) is 6.61 Å². The SMILES string of the molecule is CCOc1ccc(CCC(=O)N(CCCOC)C(C(=O)NCc2ccc(F)cc2)C2CCNCC2)cc1. The van der Waals surface area contributed by atoms with Crippen LogP contribution in [0, 0.1) is 11.7 Å². The lowest BCUT2D eigenvalue weighted by atomic mass is 9.88. The van der Waals surface area contributed by atoms with Crippen molar-refractivity contribution in [1.29, 1.82) is 0 Å². The summed E-state index contributed by atoms with van der Waals surface area (Å²) in [5, 5.41) is 6.36. The molecule has 1 aliphatic heterocycles. The highest BCUT2D eigenvalue weighted by molar-refractivity contribution is 5.88. The number of halogens is 1. The number of carbonyl (C=O) groups excluding carboxylic acids is 2. The Hall–Kier alpha value is -2.97. The van der Waals surface area contributed by atoms with E-state index in [1.54, 1.807) is 24.1 Å². The summed E-state index contributed by atoms with van der Waals surface area (Å²) >= 11 is 0. The highest BCUT2D eigenvalue weighted by Gasteiger charge is 2.36. The van der Waals surface area contributed by atoms with Crippen molar-refractivity contribution >= 4 is 11.8 Å².